The van der Waals surface area contributed by atoms with Crippen LogP contribution in [0.4, 0.5) is 0 Å². The zero-order valence-electron chi connectivity index (χ0n) is 14.7. The van der Waals surface area contributed by atoms with Crippen molar-refractivity contribution in [1.29, 1.82) is 0 Å². The fraction of sp³-hybridized carbons (Fsp3) is 0.200. The number of aldehydes is 1. The second kappa shape index (κ2) is 8.34. The summed E-state index contributed by atoms with van der Waals surface area (Å²) in [4.78, 5) is 10.9. The summed E-state index contributed by atoms with van der Waals surface area (Å²) in [5.41, 5.74) is 2.84. The van der Waals surface area contributed by atoms with E-state index in [2.05, 4.69) is 5.10 Å². The molecular weight excluding hydrogens is 407 g/mol. The van der Waals surface area contributed by atoms with Crippen LogP contribution in [0.25, 0.3) is 11.1 Å². The highest BCUT2D eigenvalue weighted by molar-refractivity contribution is 6.39. The summed E-state index contributed by atoms with van der Waals surface area (Å²) >= 11 is 19.0. The van der Waals surface area contributed by atoms with Crippen molar-refractivity contribution in [3.8, 4) is 16.9 Å². The number of aromatic nitrogens is 2. The highest BCUT2D eigenvalue weighted by atomic mass is 35.5. The molecule has 27 heavy (non-hydrogen) atoms. The molecule has 4 nitrogen and oxygen atoms in total. The monoisotopic (exact) mass is 422 g/mol. The lowest BCUT2D eigenvalue weighted by Gasteiger charge is -2.15. The molecule has 0 aliphatic carbocycles. The summed E-state index contributed by atoms with van der Waals surface area (Å²) in [5, 5.41) is 5.93. The Bertz CT molecular complexity index is 963. The van der Waals surface area contributed by atoms with Gasteiger partial charge in [-0.15, -0.1) is 0 Å². The van der Waals surface area contributed by atoms with E-state index in [-0.39, 0.29) is 12.6 Å². The van der Waals surface area contributed by atoms with Gasteiger partial charge >= 0.3 is 0 Å². The predicted octanol–water partition coefficient (Wildman–Crippen LogP) is 6.48. The molecule has 1 heterocycles. The molecule has 0 amide bonds. The fourth-order valence-corrected chi connectivity index (χ4v) is 3.64. The molecule has 1 aromatic heterocycles. The first-order valence-electron chi connectivity index (χ1n) is 8.30. The molecule has 0 radical (unpaired) electrons. The van der Waals surface area contributed by atoms with Crippen LogP contribution in [0.5, 0.6) is 5.75 Å². The zero-order valence-corrected chi connectivity index (χ0v) is 17.0. The van der Waals surface area contributed by atoms with Crippen LogP contribution >= 0.6 is 34.8 Å². The summed E-state index contributed by atoms with van der Waals surface area (Å²) < 4.78 is 7.78. The molecule has 3 rings (SSSR count). The van der Waals surface area contributed by atoms with Gasteiger partial charge in [0.2, 0.25) is 0 Å². The zero-order chi connectivity index (χ0) is 19.6. The van der Waals surface area contributed by atoms with Crippen molar-refractivity contribution in [2.24, 2.45) is 0 Å². The van der Waals surface area contributed by atoms with Crippen molar-refractivity contribution >= 4 is 41.1 Å². The van der Waals surface area contributed by atoms with Gasteiger partial charge in [0.05, 0.1) is 27.0 Å². The van der Waals surface area contributed by atoms with E-state index in [9.17, 15) is 4.79 Å². The van der Waals surface area contributed by atoms with Crippen LogP contribution in [0, 0.1) is 0 Å². The van der Waals surface area contributed by atoms with Crippen LogP contribution in [-0.2, 0) is 6.61 Å². The molecule has 3 aromatic rings. The molecular formula is C20H17Cl3N2O2. The molecule has 0 bridgehead atoms. The minimum Gasteiger partial charge on any atom is -0.486 e. The predicted molar refractivity (Wildman–Crippen MR) is 109 cm³/mol. The summed E-state index contributed by atoms with van der Waals surface area (Å²) in [6, 6.07) is 10.4. The molecule has 0 fully saturated rings. The molecule has 0 saturated heterocycles. The lowest BCUT2D eigenvalue weighted by atomic mass is 10.1. The Kier molecular flexibility index (Phi) is 6.10. The van der Waals surface area contributed by atoms with Gasteiger partial charge in [-0.25, -0.2) is 0 Å². The average molecular weight is 424 g/mol. The lowest BCUT2D eigenvalue weighted by molar-refractivity contribution is 0.112. The average Bonchev–Trinajstić information content (AvgIpc) is 3.04. The Balaban J connectivity index is 1.99. The van der Waals surface area contributed by atoms with Gasteiger partial charge < -0.3 is 4.74 Å². The maximum absolute atomic E-state index is 10.9. The molecule has 7 heteroatoms. The van der Waals surface area contributed by atoms with Crippen LogP contribution in [-0.4, -0.2) is 16.1 Å². The molecule has 0 N–H and O–H groups in total. The summed E-state index contributed by atoms with van der Waals surface area (Å²) in [7, 11) is 0. The Morgan fingerprint density at radius 2 is 1.81 bits per heavy atom. The number of nitrogens with zero attached hydrogens (tertiary/aromatic N) is 2. The largest absolute Gasteiger partial charge is 0.486 e. The van der Waals surface area contributed by atoms with Crippen molar-refractivity contribution in [1.82, 2.24) is 9.78 Å². The van der Waals surface area contributed by atoms with Crippen LogP contribution in [0.3, 0.4) is 0 Å². The normalized spacial score (nSPS) is 11.0. The van der Waals surface area contributed by atoms with Gasteiger partial charge in [0, 0.05) is 22.7 Å². The standard InChI is InChI=1S/C20H17Cl3N2O2/c1-12(2)25-18(11-27-19-7-6-13(10-26)8-17(19)23)14(9-24-25)20-15(21)4-3-5-16(20)22/h3-10,12H,11H2,1-2H3. The Labute approximate surface area is 172 Å². The SMILES string of the molecule is CC(C)n1ncc(-c2c(Cl)cccc2Cl)c1COc1ccc(C=O)cc1Cl. The summed E-state index contributed by atoms with van der Waals surface area (Å²) in [6.45, 7) is 4.27. The maximum atomic E-state index is 10.9. The third-order valence-electron chi connectivity index (χ3n) is 4.08. The second-order valence-corrected chi connectivity index (χ2v) is 7.46. The highest BCUT2D eigenvalue weighted by Gasteiger charge is 2.20. The van der Waals surface area contributed by atoms with Gasteiger partial charge in [-0.3, -0.25) is 9.48 Å². The third-order valence-corrected chi connectivity index (χ3v) is 5.00. The van der Waals surface area contributed by atoms with Crippen molar-refractivity contribution < 1.29 is 9.53 Å². The molecule has 0 unspecified atom stereocenters. The number of hydrogen-bond acceptors (Lipinski definition) is 3. The lowest BCUT2D eigenvalue weighted by Crippen LogP contribution is -2.11. The molecule has 0 spiro atoms. The number of ether oxygens (including phenoxy) is 1. The molecule has 0 aliphatic heterocycles. The number of halogens is 3. The quantitative estimate of drug-likeness (QED) is 0.426. The Morgan fingerprint density at radius 3 is 2.41 bits per heavy atom. The summed E-state index contributed by atoms with van der Waals surface area (Å²) in [6.07, 6.45) is 2.48. The van der Waals surface area contributed by atoms with Crippen LogP contribution in [0.2, 0.25) is 15.1 Å². The minimum absolute atomic E-state index is 0.117. The van der Waals surface area contributed by atoms with E-state index in [0.29, 0.717) is 31.9 Å². The summed E-state index contributed by atoms with van der Waals surface area (Å²) in [5.74, 6) is 0.481. The first-order valence-corrected chi connectivity index (χ1v) is 9.44. The van der Waals surface area contributed by atoms with Crippen LogP contribution < -0.4 is 4.74 Å². The van der Waals surface area contributed by atoms with E-state index in [1.807, 2.05) is 18.5 Å². The van der Waals surface area contributed by atoms with Gasteiger partial charge in [0.15, 0.2) is 0 Å². The first kappa shape index (κ1) is 19.7. The molecule has 140 valence electrons. The van der Waals surface area contributed by atoms with Gasteiger partial charge in [0.25, 0.3) is 0 Å². The third kappa shape index (κ3) is 4.13. The number of rotatable bonds is 6. The van der Waals surface area contributed by atoms with E-state index in [4.69, 9.17) is 39.5 Å². The number of benzene rings is 2. The van der Waals surface area contributed by atoms with E-state index < -0.39 is 0 Å². The van der Waals surface area contributed by atoms with Gasteiger partial charge in [-0.05, 0) is 44.2 Å². The molecule has 2 aromatic carbocycles. The number of carbonyl (C=O) groups excluding carboxylic acids is 1. The van der Waals surface area contributed by atoms with Crippen LogP contribution in [0.1, 0.15) is 35.9 Å². The maximum Gasteiger partial charge on any atom is 0.150 e. The van der Waals surface area contributed by atoms with Gasteiger partial charge in [-0.2, -0.15) is 5.10 Å². The van der Waals surface area contributed by atoms with Crippen LogP contribution in [0.15, 0.2) is 42.6 Å². The number of hydrogen-bond donors (Lipinski definition) is 0. The van der Waals surface area contributed by atoms with Crippen molar-refractivity contribution in [2.45, 2.75) is 26.5 Å². The second-order valence-electron chi connectivity index (χ2n) is 6.24. The van der Waals surface area contributed by atoms with E-state index in [0.717, 1.165) is 17.5 Å². The van der Waals surface area contributed by atoms with Gasteiger partial charge in [-0.1, -0.05) is 40.9 Å². The Morgan fingerprint density at radius 1 is 1.11 bits per heavy atom. The van der Waals surface area contributed by atoms with Crippen molar-refractivity contribution in [2.75, 3.05) is 0 Å². The topological polar surface area (TPSA) is 44.1 Å². The first-order chi connectivity index (χ1) is 12.9. The smallest absolute Gasteiger partial charge is 0.150 e. The number of carbonyl (C=O) groups is 1. The van der Waals surface area contributed by atoms with E-state index in [1.54, 1.807) is 42.6 Å². The van der Waals surface area contributed by atoms with E-state index in [1.165, 1.54) is 0 Å². The molecule has 0 saturated carbocycles. The minimum atomic E-state index is 0.117. The van der Waals surface area contributed by atoms with Gasteiger partial charge in [0.1, 0.15) is 18.6 Å². The molecule has 0 aliphatic rings. The Hall–Kier alpha value is -2.01. The van der Waals surface area contributed by atoms with Crippen molar-refractivity contribution in [3.05, 3.63) is 68.9 Å². The highest BCUT2D eigenvalue weighted by Crippen LogP contribution is 2.37. The fourth-order valence-electron chi connectivity index (χ4n) is 2.79. The van der Waals surface area contributed by atoms with E-state index >= 15 is 0 Å². The van der Waals surface area contributed by atoms with Crippen molar-refractivity contribution in [3.63, 3.8) is 0 Å². The molecule has 0 atom stereocenters.